The zero-order valence-electron chi connectivity index (χ0n) is 11.5. The fourth-order valence-electron chi connectivity index (χ4n) is 1.96. The maximum atomic E-state index is 11.4. The molecular weight excluding hydrogens is 329 g/mol. The molecule has 0 saturated carbocycles. The number of rotatable bonds is 4. The van der Waals surface area contributed by atoms with Crippen molar-refractivity contribution in [3.63, 3.8) is 0 Å². The Morgan fingerprint density at radius 3 is 2.36 bits per heavy atom. The second kappa shape index (κ2) is 6.77. The normalized spacial score (nSPS) is 11.8. The highest BCUT2D eigenvalue weighted by Gasteiger charge is 2.21. The maximum absolute atomic E-state index is 11.4. The summed E-state index contributed by atoms with van der Waals surface area (Å²) in [5.41, 5.74) is 1.02. The van der Waals surface area contributed by atoms with Gasteiger partial charge in [-0.15, -0.1) is 0 Å². The van der Waals surface area contributed by atoms with E-state index in [1.165, 1.54) is 31.2 Å². The van der Waals surface area contributed by atoms with E-state index in [0.717, 1.165) is 0 Å². The molecule has 114 valence electrons. The molecule has 7 heteroatoms. The number of hydrogen-bond donors (Lipinski definition) is 0. The number of nitro benzene ring substituents is 1. The summed E-state index contributed by atoms with van der Waals surface area (Å²) in [5.74, 6) is -0.501. The Bertz CT molecular complexity index is 716. The van der Waals surface area contributed by atoms with E-state index in [2.05, 4.69) is 0 Å². The molecule has 0 aliphatic carbocycles. The third-order valence-corrected chi connectivity index (χ3v) is 3.51. The van der Waals surface area contributed by atoms with Crippen molar-refractivity contribution in [2.45, 2.75) is 13.0 Å². The Morgan fingerprint density at radius 1 is 1.18 bits per heavy atom. The van der Waals surface area contributed by atoms with Crippen molar-refractivity contribution in [2.24, 2.45) is 0 Å². The van der Waals surface area contributed by atoms with Crippen LogP contribution in [0.1, 0.15) is 24.2 Å². The van der Waals surface area contributed by atoms with Crippen LogP contribution < -0.4 is 0 Å². The quantitative estimate of drug-likeness (QED) is 0.465. The van der Waals surface area contributed by atoms with Crippen LogP contribution in [-0.4, -0.2) is 10.9 Å². The first kappa shape index (κ1) is 16.3. The number of halogens is 2. The van der Waals surface area contributed by atoms with Crippen LogP contribution in [0.4, 0.5) is 5.69 Å². The minimum atomic E-state index is -0.787. The number of carbonyl (C=O) groups excluding carboxylic acids is 1. The van der Waals surface area contributed by atoms with Crippen LogP contribution in [0.2, 0.25) is 10.0 Å². The summed E-state index contributed by atoms with van der Waals surface area (Å²) < 4.78 is 5.31. The van der Waals surface area contributed by atoms with Gasteiger partial charge in [-0.25, -0.2) is 0 Å². The van der Waals surface area contributed by atoms with E-state index in [0.29, 0.717) is 21.2 Å². The van der Waals surface area contributed by atoms with Crippen molar-refractivity contribution >= 4 is 34.9 Å². The molecule has 2 aromatic carbocycles. The maximum Gasteiger partial charge on any atom is 0.303 e. The van der Waals surface area contributed by atoms with E-state index >= 15 is 0 Å². The Labute approximate surface area is 136 Å². The second-order valence-corrected chi connectivity index (χ2v) is 5.35. The van der Waals surface area contributed by atoms with Gasteiger partial charge in [0.2, 0.25) is 0 Å². The predicted molar refractivity (Wildman–Crippen MR) is 83.2 cm³/mol. The van der Waals surface area contributed by atoms with Gasteiger partial charge in [0.25, 0.3) is 5.69 Å². The monoisotopic (exact) mass is 339 g/mol. The fourth-order valence-corrected chi connectivity index (χ4v) is 2.36. The zero-order chi connectivity index (χ0) is 16.3. The first-order valence-corrected chi connectivity index (χ1v) is 7.00. The third-order valence-electron chi connectivity index (χ3n) is 2.93. The minimum absolute atomic E-state index is 0.0532. The highest BCUT2D eigenvalue weighted by molar-refractivity contribution is 6.33. The van der Waals surface area contributed by atoms with Crippen molar-refractivity contribution in [1.29, 1.82) is 0 Å². The molecule has 0 aliphatic rings. The molecular formula is C15H11Cl2NO4. The topological polar surface area (TPSA) is 69.4 Å². The Morgan fingerprint density at radius 2 is 1.82 bits per heavy atom. The van der Waals surface area contributed by atoms with E-state index in [9.17, 15) is 14.9 Å². The van der Waals surface area contributed by atoms with Gasteiger partial charge in [-0.1, -0.05) is 23.2 Å². The summed E-state index contributed by atoms with van der Waals surface area (Å²) >= 11 is 12.1. The molecule has 2 aromatic rings. The summed E-state index contributed by atoms with van der Waals surface area (Å²) in [7, 11) is 0. The summed E-state index contributed by atoms with van der Waals surface area (Å²) in [6.45, 7) is 1.27. The van der Waals surface area contributed by atoms with E-state index in [4.69, 9.17) is 27.9 Å². The molecule has 0 aliphatic heterocycles. The van der Waals surface area contributed by atoms with E-state index in [-0.39, 0.29) is 5.69 Å². The molecule has 0 spiro atoms. The van der Waals surface area contributed by atoms with Crippen LogP contribution >= 0.6 is 23.2 Å². The molecule has 0 bridgehead atoms. The average Bonchev–Trinajstić information content (AvgIpc) is 2.47. The molecule has 22 heavy (non-hydrogen) atoms. The lowest BCUT2D eigenvalue weighted by molar-refractivity contribution is -0.384. The molecule has 0 amide bonds. The van der Waals surface area contributed by atoms with Crippen LogP contribution in [0.15, 0.2) is 42.5 Å². The van der Waals surface area contributed by atoms with Gasteiger partial charge in [-0.3, -0.25) is 14.9 Å². The van der Waals surface area contributed by atoms with Crippen molar-refractivity contribution in [3.8, 4) is 0 Å². The Kier molecular flexibility index (Phi) is 5.00. The van der Waals surface area contributed by atoms with Crippen molar-refractivity contribution in [2.75, 3.05) is 0 Å². The number of non-ortho nitro benzene ring substituents is 1. The van der Waals surface area contributed by atoms with Gasteiger partial charge >= 0.3 is 5.97 Å². The van der Waals surface area contributed by atoms with Gasteiger partial charge in [0.05, 0.1) is 4.92 Å². The van der Waals surface area contributed by atoms with Gasteiger partial charge < -0.3 is 4.74 Å². The molecule has 0 aromatic heterocycles. The average molecular weight is 340 g/mol. The molecule has 0 saturated heterocycles. The summed E-state index contributed by atoms with van der Waals surface area (Å²) in [6, 6.07) is 10.5. The van der Waals surface area contributed by atoms with Crippen molar-refractivity contribution in [1.82, 2.24) is 0 Å². The fraction of sp³-hybridized carbons (Fsp3) is 0.133. The lowest BCUT2D eigenvalue weighted by Gasteiger charge is -2.19. The largest absolute Gasteiger partial charge is 0.453 e. The Balaban J connectivity index is 2.47. The minimum Gasteiger partial charge on any atom is -0.453 e. The Hall–Kier alpha value is -2.11. The smallest absolute Gasteiger partial charge is 0.303 e. The lowest BCUT2D eigenvalue weighted by atomic mass is 10.0. The first-order chi connectivity index (χ1) is 10.4. The highest BCUT2D eigenvalue weighted by atomic mass is 35.5. The van der Waals surface area contributed by atoms with Crippen molar-refractivity contribution in [3.05, 3.63) is 73.8 Å². The van der Waals surface area contributed by atoms with E-state index in [1.807, 2.05) is 0 Å². The molecule has 0 N–H and O–H groups in total. The van der Waals surface area contributed by atoms with Gasteiger partial charge in [-0.05, 0) is 35.9 Å². The molecule has 2 rings (SSSR count). The predicted octanol–water partition coefficient (Wildman–Crippen LogP) is 4.55. The van der Waals surface area contributed by atoms with Crippen molar-refractivity contribution < 1.29 is 14.5 Å². The zero-order valence-corrected chi connectivity index (χ0v) is 13.0. The standard InChI is InChI=1S/C15H11Cl2NO4/c1-9(19)22-15(13-8-11(16)4-7-14(13)17)10-2-5-12(6-3-10)18(20)21/h2-8,15H,1H3. The number of hydrogen-bond acceptors (Lipinski definition) is 4. The van der Waals surface area contributed by atoms with Gasteiger partial charge in [0.1, 0.15) is 0 Å². The third kappa shape index (κ3) is 3.75. The highest BCUT2D eigenvalue weighted by Crippen LogP contribution is 2.34. The number of esters is 1. The lowest BCUT2D eigenvalue weighted by Crippen LogP contribution is -2.10. The number of carbonyl (C=O) groups is 1. The summed E-state index contributed by atoms with van der Waals surface area (Å²) in [5, 5.41) is 11.5. The van der Waals surface area contributed by atoms with Crippen LogP contribution in [0.25, 0.3) is 0 Å². The van der Waals surface area contributed by atoms with E-state index < -0.39 is 17.0 Å². The summed E-state index contributed by atoms with van der Waals surface area (Å²) in [6.07, 6.45) is -0.787. The molecule has 1 atom stereocenters. The second-order valence-electron chi connectivity index (χ2n) is 4.50. The van der Waals surface area contributed by atoms with Gasteiger partial charge in [-0.2, -0.15) is 0 Å². The molecule has 5 nitrogen and oxygen atoms in total. The summed E-state index contributed by atoms with van der Waals surface area (Å²) in [4.78, 5) is 21.6. The number of benzene rings is 2. The van der Waals surface area contributed by atoms with Crippen LogP contribution in [-0.2, 0) is 9.53 Å². The van der Waals surface area contributed by atoms with E-state index in [1.54, 1.807) is 18.2 Å². The number of ether oxygens (including phenoxy) is 1. The SMILES string of the molecule is CC(=O)OC(c1ccc([N+](=O)[O-])cc1)c1cc(Cl)ccc1Cl. The first-order valence-electron chi connectivity index (χ1n) is 6.25. The molecule has 0 radical (unpaired) electrons. The molecule has 0 heterocycles. The van der Waals surface area contributed by atoms with Crippen LogP contribution in [0.3, 0.4) is 0 Å². The van der Waals surface area contributed by atoms with Crippen LogP contribution in [0, 0.1) is 10.1 Å². The van der Waals surface area contributed by atoms with Gasteiger partial charge in [0, 0.05) is 34.7 Å². The number of nitrogens with zero attached hydrogens (tertiary/aromatic N) is 1. The number of nitro groups is 1. The molecule has 0 fully saturated rings. The molecule has 1 unspecified atom stereocenters. The van der Waals surface area contributed by atoms with Gasteiger partial charge in [0.15, 0.2) is 6.10 Å². The van der Waals surface area contributed by atoms with Crippen LogP contribution in [0.5, 0.6) is 0 Å².